The average molecular weight is 264 g/mol. The first-order valence-corrected chi connectivity index (χ1v) is 8.33. The van der Waals surface area contributed by atoms with Crippen LogP contribution >= 0.6 is 0 Å². The molecule has 0 aromatic carbocycles. The van der Waals surface area contributed by atoms with Crippen LogP contribution in [0, 0.1) is 23.7 Å². The fraction of sp³-hybridized carbons (Fsp3) is 0.938. The number of amides is 1. The quantitative estimate of drug-likeness (QED) is 0.800. The molecule has 1 aliphatic heterocycles. The van der Waals surface area contributed by atoms with E-state index in [-0.39, 0.29) is 0 Å². The molecule has 3 atom stereocenters. The molecule has 3 nitrogen and oxygen atoms in total. The fourth-order valence-corrected chi connectivity index (χ4v) is 4.09. The van der Waals surface area contributed by atoms with Crippen LogP contribution in [-0.4, -0.2) is 25.5 Å². The molecule has 3 unspecified atom stereocenters. The first-order valence-electron chi connectivity index (χ1n) is 8.33. The van der Waals surface area contributed by atoms with Gasteiger partial charge >= 0.3 is 0 Å². The first-order chi connectivity index (χ1) is 9.34. The van der Waals surface area contributed by atoms with Crippen molar-refractivity contribution >= 4 is 5.91 Å². The van der Waals surface area contributed by atoms with Gasteiger partial charge in [0.25, 0.3) is 0 Å². The van der Waals surface area contributed by atoms with Crippen LogP contribution in [0.2, 0.25) is 0 Å². The van der Waals surface area contributed by atoms with Gasteiger partial charge in [0.1, 0.15) is 0 Å². The molecule has 0 bridgehead atoms. The molecular weight excluding hydrogens is 236 g/mol. The van der Waals surface area contributed by atoms with Crippen molar-refractivity contribution in [2.24, 2.45) is 23.7 Å². The zero-order valence-electron chi connectivity index (χ0n) is 12.0. The lowest BCUT2D eigenvalue weighted by atomic mass is 9.85. The second-order valence-corrected chi connectivity index (χ2v) is 6.84. The van der Waals surface area contributed by atoms with E-state index in [4.69, 9.17) is 0 Å². The highest BCUT2D eigenvalue weighted by molar-refractivity contribution is 5.81. The number of rotatable bonds is 5. The highest BCUT2D eigenvalue weighted by Crippen LogP contribution is 2.49. The SMILES string of the molecule is O=C(NCCC1CCNC1)C1CC1C1CCCCC1. The Morgan fingerprint density at radius 2 is 2.00 bits per heavy atom. The van der Waals surface area contributed by atoms with Gasteiger partial charge in [-0.05, 0) is 50.1 Å². The molecule has 1 saturated heterocycles. The maximum Gasteiger partial charge on any atom is 0.223 e. The van der Waals surface area contributed by atoms with Crippen molar-refractivity contribution in [3.05, 3.63) is 0 Å². The van der Waals surface area contributed by atoms with Crippen LogP contribution in [0.25, 0.3) is 0 Å². The van der Waals surface area contributed by atoms with E-state index in [1.54, 1.807) is 0 Å². The topological polar surface area (TPSA) is 41.1 Å². The zero-order chi connectivity index (χ0) is 13.1. The summed E-state index contributed by atoms with van der Waals surface area (Å²) in [5.74, 6) is 3.09. The van der Waals surface area contributed by atoms with E-state index in [1.165, 1.54) is 44.9 Å². The Balaban J connectivity index is 1.33. The normalized spacial score (nSPS) is 35.3. The molecule has 0 radical (unpaired) electrons. The highest BCUT2D eigenvalue weighted by Gasteiger charge is 2.47. The minimum absolute atomic E-state index is 0.349. The Bertz CT molecular complexity index is 306. The van der Waals surface area contributed by atoms with Gasteiger partial charge in [0, 0.05) is 12.5 Å². The van der Waals surface area contributed by atoms with Crippen molar-refractivity contribution < 1.29 is 4.79 Å². The maximum atomic E-state index is 12.1. The third-order valence-corrected chi connectivity index (χ3v) is 5.45. The Kier molecular flexibility index (Phi) is 4.42. The smallest absolute Gasteiger partial charge is 0.223 e. The van der Waals surface area contributed by atoms with Crippen molar-refractivity contribution in [1.82, 2.24) is 10.6 Å². The summed E-state index contributed by atoms with van der Waals surface area (Å²) in [5, 5.41) is 6.56. The van der Waals surface area contributed by atoms with Gasteiger partial charge < -0.3 is 10.6 Å². The molecule has 2 N–H and O–H groups in total. The monoisotopic (exact) mass is 264 g/mol. The van der Waals surface area contributed by atoms with E-state index in [0.29, 0.717) is 11.8 Å². The van der Waals surface area contributed by atoms with Gasteiger partial charge in [-0.15, -0.1) is 0 Å². The molecular formula is C16H28N2O. The standard InChI is InChI=1S/C16H28N2O/c19-16(18-9-7-12-6-8-17-11-12)15-10-14(15)13-4-2-1-3-5-13/h12-15,17H,1-11H2,(H,18,19). The van der Waals surface area contributed by atoms with E-state index in [2.05, 4.69) is 10.6 Å². The van der Waals surface area contributed by atoms with Gasteiger partial charge in [0.2, 0.25) is 5.91 Å². The van der Waals surface area contributed by atoms with Gasteiger partial charge in [0.05, 0.1) is 0 Å². The lowest BCUT2D eigenvalue weighted by Gasteiger charge is -2.21. The summed E-state index contributed by atoms with van der Waals surface area (Å²) in [6.07, 6.45) is 10.6. The van der Waals surface area contributed by atoms with Crippen LogP contribution in [0.4, 0.5) is 0 Å². The van der Waals surface area contributed by atoms with Gasteiger partial charge in [-0.2, -0.15) is 0 Å². The maximum absolute atomic E-state index is 12.1. The van der Waals surface area contributed by atoms with Crippen LogP contribution < -0.4 is 10.6 Å². The molecule has 0 aromatic rings. The van der Waals surface area contributed by atoms with E-state index >= 15 is 0 Å². The van der Waals surface area contributed by atoms with Crippen LogP contribution in [0.15, 0.2) is 0 Å². The predicted molar refractivity (Wildman–Crippen MR) is 76.8 cm³/mol. The molecule has 0 aromatic heterocycles. The van der Waals surface area contributed by atoms with Crippen molar-refractivity contribution in [2.75, 3.05) is 19.6 Å². The molecule has 1 amide bonds. The molecule has 3 heteroatoms. The van der Waals surface area contributed by atoms with Crippen molar-refractivity contribution in [3.8, 4) is 0 Å². The molecule has 2 saturated carbocycles. The molecule has 0 spiro atoms. The van der Waals surface area contributed by atoms with Crippen molar-refractivity contribution in [1.29, 1.82) is 0 Å². The van der Waals surface area contributed by atoms with Crippen molar-refractivity contribution in [3.63, 3.8) is 0 Å². The Morgan fingerprint density at radius 3 is 2.74 bits per heavy atom. The molecule has 3 rings (SSSR count). The van der Waals surface area contributed by atoms with Crippen LogP contribution in [-0.2, 0) is 4.79 Å². The molecule has 1 heterocycles. The van der Waals surface area contributed by atoms with Crippen LogP contribution in [0.1, 0.15) is 51.4 Å². The Labute approximate surface area is 116 Å². The predicted octanol–water partition coefficient (Wildman–Crippen LogP) is 2.32. The van der Waals surface area contributed by atoms with Gasteiger partial charge in [-0.1, -0.05) is 32.1 Å². The van der Waals surface area contributed by atoms with E-state index < -0.39 is 0 Å². The molecule has 108 valence electrons. The third-order valence-electron chi connectivity index (χ3n) is 5.45. The Hall–Kier alpha value is -0.570. The summed E-state index contributed by atoms with van der Waals surface area (Å²) >= 11 is 0. The largest absolute Gasteiger partial charge is 0.356 e. The number of hydrogen-bond acceptors (Lipinski definition) is 2. The van der Waals surface area contributed by atoms with E-state index in [9.17, 15) is 4.79 Å². The zero-order valence-corrected chi connectivity index (χ0v) is 12.0. The number of carbonyl (C=O) groups excluding carboxylic acids is 1. The summed E-state index contributed by atoms with van der Waals surface area (Å²) in [5.41, 5.74) is 0. The van der Waals surface area contributed by atoms with Gasteiger partial charge in [-0.3, -0.25) is 4.79 Å². The molecule has 19 heavy (non-hydrogen) atoms. The van der Waals surface area contributed by atoms with E-state index in [1.807, 2.05) is 0 Å². The lowest BCUT2D eigenvalue weighted by molar-refractivity contribution is -0.122. The number of hydrogen-bond donors (Lipinski definition) is 2. The number of nitrogens with one attached hydrogen (secondary N) is 2. The minimum atomic E-state index is 0.349. The summed E-state index contributed by atoms with van der Waals surface area (Å²) in [6, 6.07) is 0. The highest BCUT2D eigenvalue weighted by atomic mass is 16.2. The first kappa shape index (κ1) is 13.4. The lowest BCUT2D eigenvalue weighted by Crippen LogP contribution is -2.29. The fourth-order valence-electron chi connectivity index (χ4n) is 4.09. The summed E-state index contributed by atoms with van der Waals surface area (Å²) in [7, 11) is 0. The summed E-state index contributed by atoms with van der Waals surface area (Å²) in [6.45, 7) is 3.19. The third kappa shape index (κ3) is 3.50. The molecule has 2 aliphatic carbocycles. The van der Waals surface area contributed by atoms with Crippen molar-refractivity contribution in [2.45, 2.75) is 51.4 Å². The van der Waals surface area contributed by atoms with E-state index in [0.717, 1.165) is 43.8 Å². The van der Waals surface area contributed by atoms with Crippen LogP contribution in [0.5, 0.6) is 0 Å². The summed E-state index contributed by atoms with van der Waals surface area (Å²) < 4.78 is 0. The van der Waals surface area contributed by atoms with Gasteiger partial charge in [-0.25, -0.2) is 0 Å². The molecule has 3 fully saturated rings. The molecule has 3 aliphatic rings. The second kappa shape index (κ2) is 6.25. The van der Waals surface area contributed by atoms with Gasteiger partial charge in [0.15, 0.2) is 0 Å². The Morgan fingerprint density at radius 1 is 1.16 bits per heavy atom. The second-order valence-electron chi connectivity index (χ2n) is 6.84. The minimum Gasteiger partial charge on any atom is -0.356 e. The average Bonchev–Trinajstić information content (AvgIpc) is 3.09. The number of carbonyl (C=O) groups is 1. The van der Waals surface area contributed by atoms with Crippen LogP contribution in [0.3, 0.4) is 0 Å². The summed E-state index contributed by atoms with van der Waals surface area (Å²) in [4.78, 5) is 12.1.